The van der Waals surface area contributed by atoms with Crippen LogP contribution in [0.3, 0.4) is 0 Å². The van der Waals surface area contributed by atoms with Crippen molar-refractivity contribution in [2.75, 3.05) is 0 Å². The van der Waals surface area contributed by atoms with E-state index < -0.39 is 6.10 Å². The molecule has 0 bridgehead atoms. The van der Waals surface area contributed by atoms with Crippen molar-refractivity contribution in [3.8, 4) is 0 Å². The molecule has 0 heterocycles. The number of carbonyl (C=O) groups is 1. The zero-order valence-electron chi connectivity index (χ0n) is 7.55. The lowest BCUT2D eigenvalue weighted by atomic mass is 10.0. The number of aliphatic hydroxyl groups is 1. The Morgan fingerprint density at radius 1 is 1.67 bits per heavy atom. The molecule has 1 N–H and O–H groups in total. The summed E-state index contributed by atoms with van der Waals surface area (Å²) in [6.07, 6.45) is 2.47. The Bertz CT molecular complexity index is 192. The molecule has 1 aliphatic carbocycles. The minimum atomic E-state index is -0.715. The number of hydrogen-bond acceptors (Lipinski definition) is 2. The molecule has 1 fully saturated rings. The minimum absolute atomic E-state index is 0.0515. The molecule has 0 aromatic heterocycles. The van der Waals surface area contributed by atoms with Gasteiger partial charge >= 0.3 is 0 Å². The molecule has 0 aliphatic heterocycles. The van der Waals surface area contributed by atoms with E-state index in [0.717, 1.165) is 24.8 Å². The molecule has 1 aliphatic rings. The van der Waals surface area contributed by atoms with Crippen molar-refractivity contribution in [3.05, 3.63) is 12.2 Å². The average molecular weight is 168 g/mol. The molecule has 1 atom stereocenters. The molecule has 1 rings (SSSR count). The van der Waals surface area contributed by atoms with Crippen LogP contribution in [0.4, 0.5) is 0 Å². The standard InChI is InChI=1S/C10H16O2/c1-3-7(2)6-9(11)10(12)8-4-5-8/h8,10,12H,2-6H2,1H3. The second-order valence-electron chi connectivity index (χ2n) is 3.53. The summed E-state index contributed by atoms with van der Waals surface area (Å²) in [6.45, 7) is 5.71. The molecule has 12 heavy (non-hydrogen) atoms. The number of hydrogen-bond donors (Lipinski definition) is 1. The summed E-state index contributed by atoms with van der Waals surface area (Å²) in [5.74, 6) is 0.200. The third kappa shape index (κ3) is 2.45. The summed E-state index contributed by atoms with van der Waals surface area (Å²) in [7, 11) is 0. The molecule has 1 saturated carbocycles. The summed E-state index contributed by atoms with van der Waals surface area (Å²) in [6, 6.07) is 0. The van der Waals surface area contributed by atoms with Gasteiger partial charge in [-0.1, -0.05) is 19.1 Å². The van der Waals surface area contributed by atoms with Crippen LogP contribution in [0.15, 0.2) is 12.2 Å². The highest BCUT2D eigenvalue weighted by Crippen LogP contribution is 2.33. The van der Waals surface area contributed by atoms with E-state index in [1.54, 1.807) is 0 Å². The van der Waals surface area contributed by atoms with Gasteiger partial charge in [0.15, 0.2) is 5.78 Å². The van der Waals surface area contributed by atoms with E-state index in [2.05, 4.69) is 6.58 Å². The summed E-state index contributed by atoms with van der Waals surface area (Å²) < 4.78 is 0. The zero-order chi connectivity index (χ0) is 9.14. The van der Waals surface area contributed by atoms with E-state index in [9.17, 15) is 9.90 Å². The van der Waals surface area contributed by atoms with Crippen LogP contribution >= 0.6 is 0 Å². The fourth-order valence-corrected chi connectivity index (χ4v) is 1.15. The van der Waals surface area contributed by atoms with Gasteiger partial charge in [0, 0.05) is 6.42 Å². The predicted octanol–water partition coefficient (Wildman–Crippen LogP) is 1.68. The van der Waals surface area contributed by atoms with Crippen LogP contribution in [0.5, 0.6) is 0 Å². The van der Waals surface area contributed by atoms with Crippen molar-refractivity contribution >= 4 is 5.78 Å². The third-order valence-corrected chi connectivity index (χ3v) is 2.32. The Hall–Kier alpha value is -0.630. The van der Waals surface area contributed by atoms with Gasteiger partial charge in [0.2, 0.25) is 0 Å². The van der Waals surface area contributed by atoms with E-state index >= 15 is 0 Å². The van der Waals surface area contributed by atoms with Crippen LogP contribution in [-0.2, 0) is 4.79 Å². The van der Waals surface area contributed by atoms with Gasteiger partial charge in [-0.15, -0.1) is 0 Å². The molecule has 0 aromatic carbocycles. The van der Waals surface area contributed by atoms with Crippen molar-refractivity contribution in [2.24, 2.45) is 5.92 Å². The zero-order valence-corrected chi connectivity index (χ0v) is 7.55. The number of Topliss-reactive ketones (excluding diaryl/α,β-unsaturated/α-hetero) is 1. The molecule has 68 valence electrons. The summed E-state index contributed by atoms with van der Waals surface area (Å²) in [5, 5.41) is 9.41. The van der Waals surface area contributed by atoms with E-state index in [1.165, 1.54) is 0 Å². The molecule has 0 spiro atoms. The Morgan fingerprint density at radius 3 is 2.67 bits per heavy atom. The first-order valence-electron chi connectivity index (χ1n) is 4.52. The molecule has 0 aromatic rings. The average Bonchev–Trinajstić information content (AvgIpc) is 2.85. The Kier molecular flexibility index (Phi) is 3.04. The lowest BCUT2D eigenvalue weighted by molar-refractivity contribution is -0.127. The Morgan fingerprint density at radius 2 is 2.25 bits per heavy atom. The predicted molar refractivity (Wildman–Crippen MR) is 47.8 cm³/mol. The van der Waals surface area contributed by atoms with Crippen LogP contribution in [0.25, 0.3) is 0 Å². The molecule has 0 amide bonds. The summed E-state index contributed by atoms with van der Waals surface area (Å²) in [4.78, 5) is 11.3. The van der Waals surface area contributed by atoms with Crippen LogP contribution in [0, 0.1) is 5.92 Å². The monoisotopic (exact) mass is 168 g/mol. The van der Waals surface area contributed by atoms with Crippen LogP contribution in [-0.4, -0.2) is 17.0 Å². The van der Waals surface area contributed by atoms with E-state index in [0.29, 0.717) is 6.42 Å². The van der Waals surface area contributed by atoms with Crippen molar-refractivity contribution < 1.29 is 9.90 Å². The normalized spacial score (nSPS) is 18.8. The number of ketones is 1. The Labute approximate surface area is 73.3 Å². The van der Waals surface area contributed by atoms with Gasteiger partial charge in [-0.2, -0.15) is 0 Å². The van der Waals surface area contributed by atoms with Crippen molar-refractivity contribution in [1.29, 1.82) is 0 Å². The number of rotatable bonds is 5. The maximum Gasteiger partial charge on any atom is 0.165 e. The molecule has 0 radical (unpaired) electrons. The highest BCUT2D eigenvalue weighted by Gasteiger charge is 2.34. The maximum atomic E-state index is 11.3. The highest BCUT2D eigenvalue weighted by molar-refractivity contribution is 5.85. The molecule has 1 unspecified atom stereocenters. The van der Waals surface area contributed by atoms with Gasteiger partial charge in [0.05, 0.1) is 0 Å². The van der Waals surface area contributed by atoms with E-state index in [4.69, 9.17) is 0 Å². The quantitative estimate of drug-likeness (QED) is 0.634. The van der Waals surface area contributed by atoms with Gasteiger partial charge in [0.1, 0.15) is 6.10 Å². The van der Waals surface area contributed by atoms with Crippen molar-refractivity contribution in [1.82, 2.24) is 0 Å². The Balaban J connectivity index is 2.31. The van der Waals surface area contributed by atoms with Gasteiger partial charge in [-0.25, -0.2) is 0 Å². The molecule has 2 heteroatoms. The van der Waals surface area contributed by atoms with Crippen molar-refractivity contribution in [3.63, 3.8) is 0 Å². The summed E-state index contributed by atoms with van der Waals surface area (Å²) in [5.41, 5.74) is 0.916. The maximum absolute atomic E-state index is 11.3. The fourth-order valence-electron chi connectivity index (χ4n) is 1.15. The topological polar surface area (TPSA) is 37.3 Å². The SMILES string of the molecule is C=C(CC)CC(=O)C(O)C1CC1. The fraction of sp³-hybridized carbons (Fsp3) is 0.700. The van der Waals surface area contributed by atoms with Crippen LogP contribution < -0.4 is 0 Å². The van der Waals surface area contributed by atoms with Gasteiger partial charge in [-0.3, -0.25) is 4.79 Å². The second kappa shape index (κ2) is 3.85. The number of aliphatic hydroxyl groups excluding tert-OH is 1. The first kappa shape index (κ1) is 9.46. The first-order valence-corrected chi connectivity index (χ1v) is 4.52. The third-order valence-electron chi connectivity index (χ3n) is 2.32. The van der Waals surface area contributed by atoms with Crippen LogP contribution in [0.2, 0.25) is 0 Å². The van der Waals surface area contributed by atoms with E-state index in [1.807, 2.05) is 6.92 Å². The minimum Gasteiger partial charge on any atom is -0.385 e. The lowest BCUT2D eigenvalue weighted by Gasteiger charge is -2.07. The largest absolute Gasteiger partial charge is 0.385 e. The lowest BCUT2D eigenvalue weighted by Crippen LogP contribution is -2.22. The number of carbonyl (C=O) groups excluding carboxylic acids is 1. The van der Waals surface area contributed by atoms with Gasteiger partial charge in [-0.05, 0) is 25.2 Å². The smallest absolute Gasteiger partial charge is 0.165 e. The number of allylic oxidation sites excluding steroid dienone is 1. The highest BCUT2D eigenvalue weighted by atomic mass is 16.3. The van der Waals surface area contributed by atoms with E-state index in [-0.39, 0.29) is 11.7 Å². The molecular formula is C10H16O2. The second-order valence-corrected chi connectivity index (χ2v) is 3.53. The molecular weight excluding hydrogens is 152 g/mol. The van der Waals surface area contributed by atoms with Gasteiger partial charge < -0.3 is 5.11 Å². The summed E-state index contributed by atoms with van der Waals surface area (Å²) >= 11 is 0. The molecule has 0 saturated heterocycles. The van der Waals surface area contributed by atoms with Crippen LogP contribution in [0.1, 0.15) is 32.6 Å². The van der Waals surface area contributed by atoms with Crippen molar-refractivity contribution in [2.45, 2.75) is 38.7 Å². The molecule has 2 nitrogen and oxygen atoms in total. The first-order chi connectivity index (χ1) is 5.65. The van der Waals surface area contributed by atoms with Gasteiger partial charge in [0.25, 0.3) is 0 Å².